The second-order valence-electron chi connectivity index (χ2n) is 3.71. The van der Waals surface area contributed by atoms with E-state index in [1.807, 2.05) is 6.92 Å². The first kappa shape index (κ1) is 19.0. The molecule has 0 saturated carbocycles. The fourth-order valence-electron chi connectivity index (χ4n) is 0.717. The molecule has 0 heterocycles. The van der Waals surface area contributed by atoms with Gasteiger partial charge in [-0.2, -0.15) is 0 Å². The predicted molar refractivity (Wildman–Crippen MR) is 68.0 cm³/mol. The molecule has 104 valence electrons. The summed E-state index contributed by atoms with van der Waals surface area (Å²) in [5.41, 5.74) is 0. The Bertz CT molecular complexity index is 222. The van der Waals surface area contributed by atoms with Crippen LogP contribution in [0, 0.1) is 0 Å². The lowest BCUT2D eigenvalue weighted by Crippen LogP contribution is -2.05. The third-order valence-corrected chi connectivity index (χ3v) is 2.70. The molecule has 6 heteroatoms. The molecule has 0 rings (SSSR count). The van der Waals surface area contributed by atoms with E-state index in [0.717, 1.165) is 6.42 Å². The Hall–Kier alpha value is -0.380. The number of rotatable bonds is 7. The van der Waals surface area contributed by atoms with Gasteiger partial charge in [-0.15, -0.1) is 0 Å². The van der Waals surface area contributed by atoms with Crippen LogP contribution in [0.1, 0.15) is 52.9 Å². The molecule has 5 nitrogen and oxygen atoms in total. The number of esters is 1. The van der Waals surface area contributed by atoms with Crippen molar-refractivity contribution in [3.8, 4) is 0 Å². The normalized spacial score (nSPS) is 10.4. The third kappa shape index (κ3) is 21.5. The number of ether oxygens (including phenoxy) is 1. The van der Waals surface area contributed by atoms with Crippen LogP contribution in [0.5, 0.6) is 0 Å². The maximum Gasteiger partial charge on any atom is 0.325 e. The smallest absolute Gasteiger partial charge is 0.325 e. The van der Waals surface area contributed by atoms with Gasteiger partial charge < -0.3 is 14.5 Å². The van der Waals surface area contributed by atoms with Crippen LogP contribution in [0.3, 0.4) is 0 Å². The van der Waals surface area contributed by atoms with Crippen LogP contribution < -0.4 is 0 Å². The van der Waals surface area contributed by atoms with E-state index >= 15 is 0 Å². The Labute approximate surface area is 104 Å². The minimum atomic E-state index is -3.96. The molecule has 0 aromatic carbocycles. The molecule has 0 aliphatic carbocycles. The Kier molecular flexibility index (Phi) is 13.5. The summed E-state index contributed by atoms with van der Waals surface area (Å²) in [6.07, 6.45) is 3.39. The lowest BCUT2D eigenvalue weighted by atomic mass is 10.3. The minimum Gasteiger partial charge on any atom is -0.466 e. The van der Waals surface area contributed by atoms with Crippen LogP contribution in [0.4, 0.5) is 0 Å². The summed E-state index contributed by atoms with van der Waals surface area (Å²) in [7, 11) is -3.96. The highest BCUT2D eigenvalue weighted by atomic mass is 31.2. The van der Waals surface area contributed by atoms with Crippen molar-refractivity contribution in [1.29, 1.82) is 0 Å². The zero-order chi connectivity index (χ0) is 13.7. The van der Waals surface area contributed by atoms with Crippen LogP contribution in [0.15, 0.2) is 0 Å². The summed E-state index contributed by atoms with van der Waals surface area (Å²) in [5.74, 6) is -0.393. The van der Waals surface area contributed by atoms with Crippen molar-refractivity contribution in [2.75, 3.05) is 12.8 Å². The summed E-state index contributed by atoms with van der Waals surface area (Å²) >= 11 is 0. The first-order valence-electron chi connectivity index (χ1n) is 6.07. The maximum absolute atomic E-state index is 10.8. The molecule has 0 aliphatic rings. The van der Waals surface area contributed by atoms with Gasteiger partial charge in [-0.25, -0.2) is 0 Å². The van der Waals surface area contributed by atoms with Gasteiger partial charge in [0.1, 0.15) is 0 Å². The van der Waals surface area contributed by atoms with Gasteiger partial charge in [0.25, 0.3) is 0 Å². The molecule has 2 N–H and O–H groups in total. The topological polar surface area (TPSA) is 83.8 Å². The zero-order valence-corrected chi connectivity index (χ0v) is 11.9. The van der Waals surface area contributed by atoms with E-state index in [-0.39, 0.29) is 19.0 Å². The lowest BCUT2D eigenvalue weighted by molar-refractivity contribution is -0.143. The van der Waals surface area contributed by atoms with Crippen molar-refractivity contribution in [3.05, 3.63) is 0 Å². The Morgan fingerprint density at radius 2 is 1.65 bits per heavy atom. The lowest BCUT2D eigenvalue weighted by Gasteiger charge is -2.03. The summed E-state index contributed by atoms with van der Waals surface area (Å²) in [6.45, 7) is 6.61. The predicted octanol–water partition coefficient (Wildman–Crippen LogP) is 2.70. The third-order valence-electron chi connectivity index (χ3n) is 1.80. The minimum absolute atomic E-state index is 0.0745. The van der Waals surface area contributed by atoms with Gasteiger partial charge in [-0.1, -0.05) is 33.6 Å². The van der Waals surface area contributed by atoms with Crippen LogP contribution in [0.2, 0.25) is 0 Å². The molecule has 0 saturated heterocycles. The van der Waals surface area contributed by atoms with Crippen molar-refractivity contribution >= 4 is 13.6 Å². The first-order valence-corrected chi connectivity index (χ1v) is 7.87. The number of hydrogen-bond donors (Lipinski definition) is 2. The molecule has 0 fully saturated rings. The van der Waals surface area contributed by atoms with E-state index in [9.17, 15) is 9.36 Å². The summed E-state index contributed by atoms with van der Waals surface area (Å²) in [6, 6.07) is 0. The van der Waals surface area contributed by atoms with Crippen molar-refractivity contribution in [2.24, 2.45) is 0 Å². The molecular formula is C11H25O5P. The fourth-order valence-corrected chi connectivity index (χ4v) is 1.29. The Balaban J connectivity index is 0. The molecule has 0 amide bonds. The van der Waals surface area contributed by atoms with E-state index in [1.54, 1.807) is 0 Å². The molecule has 0 spiro atoms. The van der Waals surface area contributed by atoms with E-state index in [4.69, 9.17) is 14.5 Å². The van der Waals surface area contributed by atoms with E-state index < -0.39 is 13.6 Å². The standard InChI is InChI=1S/C7H15O5P.C4H10/c1-2-5-12-7(8)4-3-6-13(9,10)11;1-3-4-2/h2-6H2,1H3,(H2,9,10,11);3-4H2,1-2H3. The molecule has 17 heavy (non-hydrogen) atoms. The van der Waals surface area contributed by atoms with Gasteiger partial charge in [-0.05, 0) is 12.8 Å². The molecule has 0 bridgehead atoms. The SMILES string of the molecule is CCCC.CCCOC(=O)CCCP(=O)(O)O. The second-order valence-corrected chi connectivity index (χ2v) is 5.49. The number of carbonyl (C=O) groups is 1. The first-order chi connectivity index (χ1) is 7.87. The van der Waals surface area contributed by atoms with Crippen molar-refractivity contribution in [1.82, 2.24) is 0 Å². The van der Waals surface area contributed by atoms with Gasteiger partial charge in [0.05, 0.1) is 12.8 Å². The van der Waals surface area contributed by atoms with Gasteiger partial charge >= 0.3 is 13.6 Å². The summed E-state index contributed by atoms with van der Waals surface area (Å²) < 4.78 is 15.1. The van der Waals surface area contributed by atoms with Crippen LogP contribution in [-0.4, -0.2) is 28.5 Å². The number of unbranched alkanes of at least 4 members (excludes halogenated alkanes) is 1. The maximum atomic E-state index is 10.8. The fraction of sp³-hybridized carbons (Fsp3) is 0.909. The molecule has 0 unspecified atom stereocenters. The van der Waals surface area contributed by atoms with E-state index in [0.29, 0.717) is 6.61 Å². The Morgan fingerprint density at radius 1 is 1.12 bits per heavy atom. The van der Waals surface area contributed by atoms with Crippen molar-refractivity contribution < 1.29 is 23.9 Å². The van der Waals surface area contributed by atoms with Crippen molar-refractivity contribution in [2.45, 2.75) is 52.9 Å². The van der Waals surface area contributed by atoms with Gasteiger partial charge in [0.2, 0.25) is 0 Å². The Morgan fingerprint density at radius 3 is 2.00 bits per heavy atom. The second kappa shape index (κ2) is 12.1. The largest absolute Gasteiger partial charge is 0.466 e. The monoisotopic (exact) mass is 268 g/mol. The van der Waals surface area contributed by atoms with Gasteiger partial charge in [-0.3, -0.25) is 9.36 Å². The quantitative estimate of drug-likeness (QED) is 0.548. The molecule has 0 atom stereocenters. The number of carbonyl (C=O) groups excluding carboxylic acids is 1. The highest BCUT2D eigenvalue weighted by molar-refractivity contribution is 7.51. The van der Waals surface area contributed by atoms with Gasteiger partial charge in [0, 0.05) is 6.42 Å². The summed E-state index contributed by atoms with van der Waals surface area (Å²) in [5, 5.41) is 0. The van der Waals surface area contributed by atoms with E-state index in [2.05, 4.69) is 13.8 Å². The van der Waals surface area contributed by atoms with Crippen LogP contribution in [-0.2, 0) is 14.1 Å². The highest BCUT2D eigenvalue weighted by Crippen LogP contribution is 2.35. The number of hydrogen-bond acceptors (Lipinski definition) is 3. The average molecular weight is 268 g/mol. The molecule has 0 aliphatic heterocycles. The highest BCUT2D eigenvalue weighted by Gasteiger charge is 2.13. The van der Waals surface area contributed by atoms with Crippen molar-refractivity contribution in [3.63, 3.8) is 0 Å². The summed E-state index contributed by atoms with van der Waals surface area (Å²) in [4.78, 5) is 27.7. The van der Waals surface area contributed by atoms with E-state index in [1.165, 1.54) is 12.8 Å². The van der Waals surface area contributed by atoms with Gasteiger partial charge in [0.15, 0.2) is 0 Å². The zero-order valence-electron chi connectivity index (χ0n) is 11.0. The molecule has 0 aromatic heterocycles. The molecular weight excluding hydrogens is 243 g/mol. The molecule has 0 radical (unpaired) electrons. The van der Waals surface area contributed by atoms with Crippen LogP contribution in [0.25, 0.3) is 0 Å². The average Bonchev–Trinajstić information content (AvgIpc) is 2.25. The molecule has 0 aromatic rings. The van der Waals surface area contributed by atoms with Crippen LogP contribution >= 0.6 is 7.60 Å².